The molecule has 0 spiro atoms. The predicted molar refractivity (Wildman–Crippen MR) is 101 cm³/mol. The second-order valence-corrected chi connectivity index (χ2v) is 6.20. The molecular formula is C20H20N4O3. The number of hydrogen-bond donors (Lipinski definition) is 0. The van der Waals surface area contributed by atoms with E-state index in [4.69, 9.17) is 9.47 Å². The first kappa shape index (κ1) is 17.1. The molecule has 0 bridgehead atoms. The predicted octanol–water partition coefficient (Wildman–Crippen LogP) is 3.01. The molecular weight excluding hydrogens is 344 g/mol. The highest BCUT2D eigenvalue weighted by molar-refractivity contribution is 6.07. The van der Waals surface area contributed by atoms with Gasteiger partial charge in [0.1, 0.15) is 12.3 Å². The van der Waals surface area contributed by atoms with Crippen molar-refractivity contribution in [2.75, 3.05) is 24.7 Å². The summed E-state index contributed by atoms with van der Waals surface area (Å²) in [6.07, 6.45) is 3.46. The summed E-state index contributed by atoms with van der Waals surface area (Å²) >= 11 is 0. The van der Waals surface area contributed by atoms with Crippen molar-refractivity contribution >= 4 is 11.6 Å². The lowest BCUT2D eigenvalue weighted by Crippen LogP contribution is -2.38. The number of aromatic nitrogens is 3. The summed E-state index contributed by atoms with van der Waals surface area (Å²) in [4.78, 5) is 19.2. The summed E-state index contributed by atoms with van der Waals surface area (Å²) in [5.74, 6) is 0.686. The Hall–Kier alpha value is -3.35. The van der Waals surface area contributed by atoms with Gasteiger partial charge in [-0.25, -0.2) is 9.67 Å². The minimum absolute atomic E-state index is 0.231. The van der Waals surface area contributed by atoms with E-state index in [0.717, 1.165) is 11.3 Å². The van der Waals surface area contributed by atoms with Gasteiger partial charge in [0.15, 0.2) is 11.4 Å². The molecule has 1 amide bonds. The van der Waals surface area contributed by atoms with Crippen molar-refractivity contribution in [2.45, 2.75) is 13.8 Å². The molecule has 3 aromatic rings. The van der Waals surface area contributed by atoms with Crippen LogP contribution in [0.3, 0.4) is 0 Å². The Balaban J connectivity index is 1.74. The fourth-order valence-electron chi connectivity index (χ4n) is 3.02. The number of aryl methyl sites for hydroxylation is 1. The van der Waals surface area contributed by atoms with Gasteiger partial charge in [0.25, 0.3) is 5.91 Å². The first-order valence-corrected chi connectivity index (χ1v) is 8.86. The third-order valence-corrected chi connectivity index (χ3v) is 4.26. The summed E-state index contributed by atoms with van der Waals surface area (Å²) in [6, 6.07) is 11.5. The highest BCUT2D eigenvalue weighted by atomic mass is 16.5. The van der Waals surface area contributed by atoms with E-state index in [1.807, 2.05) is 50.2 Å². The standard InChI is InChI=1S/C20H20N4O3/c1-3-26-17-13-24(15-7-5-4-6-8-15)22-18(17)20(25)23-9-10-27-19-16(23)11-14(2)12-21-19/h4-8,11-13H,3,9-10H2,1-2H3. The van der Waals surface area contributed by atoms with Crippen molar-refractivity contribution < 1.29 is 14.3 Å². The molecule has 0 N–H and O–H groups in total. The van der Waals surface area contributed by atoms with Gasteiger partial charge in [0.05, 0.1) is 25.0 Å². The number of ether oxygens (including phenoxy) is 2. The molecule has 0 atom stereocenters. The summed E-state index contributed by atoms with van der Waals surface area (Å²) in [6.45, 7) is 5.08. The van der Waals surface area contributed by atoms with Crippen molar-refractivity contribution in [1.82, 2.24) is 14.8 Å². The number of para-hydroxylation sites is 1. The van der Waals surface area contributed by atoms with Gasteiger partial charge in [-0.3, -0.25) is 9.69 Å². The summed E-state index contributed by atoms with van der Waals surface area (Å²) in [5, 5.41) is 4.51. The largest absolute Gasteiger partial charge is 0.490 e. The van der Waals surface area contributed by atoms with Crippen molar-refractivity contribution in [3.8, 4) is 17.3 Å². The Bertz CT molecular complexity index is 969. The maximum absolute atomic E-state index is 13.3. The molecule has 7 nitrogen and oxygen atoms in total. The molecule has 0 unspecified atom stereocenters. The number of rotatable bonds is 4. The zero-order valence-electron chi connectivity index (χ0n) is 15.3. The number of anilines is 1. The Labute approximate surface area is 157 Å². The van der Waals surface area contributed by atoms with Crippen LogP contribution in [0.25, 0.3) is 5.69 Å². The molecule has 0 saturated carbocycles. The third-order valence-electron chi connectivity index (χ3n) is 4.26. The van der Waals surface area contributed by atoms with Crippen molar-refractivity contribution in [2.24, 2.45) is 0 Å². The van der Waals surface area contributed by atoms with Crippen LogP contribution in [0.5, 0.6) is 11.6 Å². The van der Waals surface area contributed by atoms with E-state index >= 15 is 0 Å². The van der Waals surface area contributed by atoms with Gasteiger partial charge in [0.2, 0.25) is 5.88 Å². The number of carbonyl (C=O) groups is 1. The molecule has 0 aliphatic carbocycles. The summed E-state index contributed by atoms with van der Waals surface area (Å²) in [7, 11) is 0. The number of benzene rings is 1. The zero-order valence-corrected chi connectivity index (χ0v) is 15.3. The summed E-state index contributed by atoms with van der Waals surface area (Å²) < 4.78 is 12.9. The van der Waals surface area contributed by atoms with Crippen LogP contribution in [-0.2, 0) is 0 Å². The lowest BCUT2D eigenvalue weighted by atomic mass is 10.2. The second kappa shape index (κ2) is 7.11. The molecule has 27 heavy (non-hydrogen) atoms. The van der Waals surface area contributed by atoms with Crippen LogP contribution >= 0.6 is 0 Å². The van der Waals surface area contributed by atoms with E-state index in [9.17, 15) is 4.79 Å². The van der Waals surface area contributed by atoms with Gasteiger partial charge in [-0.2, -0.15) is 5.10 Å². The van der Waals surface area contributed by atoms with Crippen LogP contribution in [0.4, 0.5) is 5.69 Å². The van der Waals surface area contributed by atoms with Crippen LogP contribution < -0.4 is 14.4 Å². The van der Waals surface area contributed by atoms with Crippen molar-refractivity contribution in [3.05, 3.63) is 60.0 Å². The molecule has 138 valence electrons. The number of fused-ring (bicyclic) bond motifs is 1. The Morgan fingerprint density at radius 3 is 2.89 bits per heavy atom. The fraction of sp³-hybridized carbons (Fsp3) is 0.250. The van der Waals surface area contributed by atoms with E-state index in [2.05, 4.69) is 10.1 Å². The minimum Gasteiger partial charge on any atom is -0.490 e. The van der Waals surface area contributed by atoms with Gasteiger partial charge >= 0.3 is 0 Å². The van der Waals surface area contributed by atoms with Gasteiger partial charge in [-0.1, -0.05) is 18.2 Å². The molecule has 1 aliphatic heterocycles. The lowest BCUT2D eigenvalue weighted by Gasteiger charge is -2.28. The van der Waals surface area contributed by atoms with E-state index in [0.29, 0.717) is 37.1 Å². The quantitative estimate of drug-likeness (QED) is 0.712. The minimum atomic E-state index is -0.231. The maximum atomic E-state index is 13.3. The molecule has 3 heterocycles. The number of carbonyl (C=O) groups excluding carboxylic acids is 1. The van der Waals surface area contributed by atoms with E-state index in [1.54, 1.807) is 22.0 Å². The zero-order chi connectivity index (χ0) is 18.8. The van der Waals surface area contributed by atoms with Gasteiger partial charge in [0, 0.05) is 6.20 Å². The number of amides is 1. The number of hydrogen-bond acceptors (Lipinski definition) is 5. The average Bonchev–Trinajstić information content (AvgIpc) is 3.12. The second-order valence-electron chi connectivity index (χ2n) is 6.20. The third kappa shape index (κ3) is 3.23. The Morgan fingerprint density at radius 1 is 1.30 bits per heavy atom. The number of nitrogens with zero attached hydrogens (tertiary/aromatic N) is 4. The SMILES string of the molecule is CCOc1cn(-c2ccccc2)nc1C(=O)N1CCOc2ncc(C)cc21. The molecule has 4 rings (SSSR count). The van der Waals surface area contributed by atoms with Crippen LogP contribution in [-0.4, -0.2) is 40.4 Å². The van der Waals surface area contributed by atoms with Crippen molar-refractivity contribution in [1.29, 1.82) is 0 Å². The summed E-state index contributed by atoms with van der Waals surface area (Å²) in [5.41, 5.74) is 2.74. The van der Waals surface area contributed by atoms with Crippen LogP contribution in [0.15, 0.2) is 48.8 Å². The molecule has 0 saturated heterocycles. The van der Waals surface area contributed by atoms with Crippen LogP contribution in [0.1, 0.15) is 23.0 Å². The molecule has 7 heteroatoms. The number of pyridine rings is 1. The monoisotopic (exact) mass is 364 g/mol. The van der Waals surface area contributed by atoms with Crippen LogP contribution in [0, 0.1) is 6.92 Å². The van der Waals surface area contributed by atoms with Gasteiger partial charge in [-0.15, -0.1) is 0 Å². The smallest absolute Gasteiger partial charge is 0.282 e. The molecule has 0 radical (unpaired) electrons. The Kier molecular flexibility index (Phi) is 4.50. The molecule has 1 aliphatic rings. The lowest BCUT2D eigenvalue weighted by molar-refractivity contribution is 0.0967. The topological polar surface area (TPSA) is 69.5 Å². The van der Waals surface area contributed by atoms with E-state index in [1.165, 1.54) is 0 Å². The van der Waals surface area contributed by atoms with E-state index in [-0.39, 0.29) is 11.6 Å². The van der Waals surface area contributed by atoms with Crippen LogP contribution in [0.2, 0.25) is 0 Å². The van der Waals surface area contributed by atoms with Crippen molar-refractivity contribution in [3.63, 3.8) is 0 Å². The van der Waals surface area contributed by atoms with Gasteiger partial charge in [-0.05, 0) is 37.6 Å². The molecule has 0 fully saturated rings. The first-order chi connectivity index (χ1) is 13.2. The maximum Gasteiger partial charge on any atom is 0.282 e. The normalized spacial score (nSPS) is 13.0. The molecule has 1 aromatic carbocycles. The fourth-order valence-corrected chi connectivity index (χ4v) is 3.02. The first-order valence-electron chi connectivity index (χ1n) is 8.86. The highest BCUT2D eigenvalue weighted by Gasteiger charge is 2.30. The van der Waals surface area contributed by atoms with Gasteiger partial charge < -0.3 is 9.47 Å². The van der Waals surface area contributed by atoms with E-state index < -0.39 is 0 Å². The Morgan fingerprint density at radius 2 is 2.11 bits per heavy atom. The highest BCUT2D eigenvalue weighted by Crippen LogP contribution is 2.32. The average molecular weight is 364 g/mol. The molecule has 2 aromatic heterocycles.